The number of carbonyl (C=O) groups is 1. The number of carbonyl (C=O) groups excluding carboxylic acids is 1. The van der Waals surface area contributed by atoms with Crippen molar-refractivity contribution < 1.29 is 9.53 Å². The van der Waals surface area contributed by atoms with E-state index in [1.54, 1.807) is 6.07 Å². The number of thiocarbonyl (C=S) groups is 1. The minimum atomic E-state index is -0.503. The van der Waals surface area contributed by atoms with Crippen LogP contribution in [0.1, 0.15) is 5.56 Å². The molecule has 0 saturated carbocycles. The molecule has 1 aromatic rings. The Morgan fingerprint density at radius 2 is 2.33 bits per heavy atom. The molecule has 0 aromatic carbocycles. The van der Waals surface area contributed by atoms with E-state index in [9.17, 15) is 9.59 Å². The third-order valence-electron chi connectivity index (χ3n) is 1.81. The van der Waals surface area contributed by atoms with Crippen LogP contribution >= 0.6 is 12.2 Å². The zero-order valence-electron chi connectivity index (χ0n) is 8.10. The summed E-state index contributed by atoms with van der Waals surface area (Å²) in [5.74, 6) is -0.503. The van der Waals surface area contributed by atoms with E-state index < -0.39 is 11.5 Å². The molecule has 0 amide bonds. The van der Waals surface area contributed by atoms with Gasteiger partial charge in [-0.3, -0.25) is 9.59 Å². The Bertz CT molecular complexity index is 453. The molecule has 2 N–H and O–H groups in total. The highest BCUT2D eigenvalue weighted by Gasteiger charge is 2.08. The topological polar surface area (TPSA) is 74.3 Å². The van der Waals surface area contributed by atoms with Gasteiger partial charge in [0.25, 0.3) is 5.56 Å². The van der Waals surface area contributed by atoms with Crippen molar-refractivity contribution in [2.24, 2.45) is 5.73 Å². The fraction of sp³-hybridized carbons (Fsp3) is 0.222. The number of ether oxygens (including phenoxy) is 1. The number of methoxy groups -OCH3 is 1. The molecular weight excluding hydrogens is 216 g/mol. The van der Waals surface area contributed by atoms with Gasteiger partial charge in [0.1, 0.15) is 11.5 Å². The van der Waals surface area contributed by atoms with Crippen LogP contribution < -0.4 is 11.3 Å². The maximum atomic E-state index is 11.6. The molecule has 1 heterocycles. The van der Waals surface area contributed by atoms with Gasteiger partial charge in [0, 0.05) is 6.20 Å². The van der Waals surface area contributed by atoms with Crippen molar-refractivity contribution in [3.63, 3.8) is 0 Å². The molecule has 0 saturated heterocycles. The molecule has 0 aliphatic heterocycles. The lowest BCUT2D eigenvalue weighted by molar-refractivity contribution is -0.141. The number of nitrogens with two attached hydrogens (primary N) is 1. The molecule has 5 nitrogen and oxygen atoms in total. The number of hydrogen-bond acceptors (Lipinski definition) is 4. The second-order valence-corrected chi connectivity index (χ2v) is 3.24. The smallest absolute Gasteiger partial charge is 0.325 e. The average Bonchev–Trinajstić information content (AvgIpc) is 2.20. The summed E-state index contributed by atoms with van der Waals surface area (Å²) in [6.45, 7) is -0.147. The molecule has 1 rings (SSSR count). The van der Waals surface area contributed by atoms with Gasteiger partial charge in [-0.25, -0.2) is 0 Å². The van der Waals surface area contributed by atoms with Gasteiger partial charge in [-0.1, -0.05) is 12.2 Å². The number of hydrogen-bond donors (Lipinski definition) is 1. The molecule has 0 unspecified atom stereocenters. The second kappa shape index (κ2) is 4.70. The quantitative estimate of drug-likeness (QED) is 0.563. The zero-order chi connectivity index (χ0) is 11.4. The zero-order valence-corrected chi connectivity index (χ0v) is 8.91. The van der Waals surface area contributed by atoms with E-state index in [4.69, 9.17) is 18.0 Å². The minimum Gasteiger partial charge on any atom is -0.468 e. The number of nitrogens with zero attached hydrogens (tertiary/aromatic N) is 1. The van der Waals surface area contributed by atoms with Crippen LogP contribution in [0, 0.1) is 0 Å². The van der Waals surface area contributed by atoms with Crippen LogP contribution in [-0.2, 0) is 16.1 Å². The van der Waals surface area contributed by atoms with Gasteiger partial charge in [0.15, 0.2) is 0 Å². The van der Waals surface area contributed by atoms with Gasteiger partial charge in [-0.15, -0.1) is 0 Å². The van der Waals surface area contributed by atoms with Crippen molar-refractivity contribution in [1.29, 1.82) is 0 Å². The van der Waals surface area contributed by atoms with Crippen molar-refractivity contribution in [2.75, 3.05) is 7.11 Å². The van der Waals surface area contributed by atoms with Crippen LogP contribution in [0.25, 0.3) is 0 Å². The molecule has 0 radical (unpaired) electrons. The van der Waals surface area contributed by atoms with Crippen LogP contribution in [-0.4, -0.2) is 22.6 Å². The van der Waals surface area contributed by atoms with Crippen molar-refractivity contribution >= 4 is 23.2 Å². The summed E-state index contributed by atoms with van der Waals surface area (Å²) in [5, 5.41) is 0. The monoisotopic (exact) mass is 226 g/mol. The molecule has 0 bridgehead atoms. The normalized spacial score (nSPS) is 9.67. The van der Waals surface area contributed by atoms with Crippen molar-refractivity contribution in [3.05, 3.63) is 34.2 Å². The van der Waals surface area contributed by atoms with E-state index in [-0.39, 0.29) is 17.1 Å². The van der Waals surface area contributed by atoms with Crippen LogP contribution in [0.3, 0.4) is 0 Å². The van der Waals surface area contributed by atoms with Crippen molar-refractivity contribution in [1.82, 2.24) is 4.57 Å². The summed E-state index contributed by atoms with van der Waals surface area (Å²) in [6, 6.07) is 3.11. The highest BCUT2D eigenvalue weighted by Crippen LogP contribution is 1.92. The van der Waals surface area contributed by atoms with Gasteiger partial charge >= 0.3 is 5.97 Å². The van der Waals surface area contributed by atoms with E-state index in [1.807, 2.05) is 0 Å². The Balaban J connectivity index is 3.11. The van der Waals surface area contributed by atoms with Crippen molar-refractivity contribution in [2.45, 2.75) is 6.54 Å². The molecule has 0 spiro atoms. The first-order valence-electron chi connectivity index (χ1n) is 4.12. The molecular formula is C9H10N2O3S. The Morgan fingerprint density at radius 3 is 2.87 bits per heavy atom. The van der Waals surface area contributed by atoms with Crippen LogP contribution in [0.2, 0.25) is 0 Å². The number of aromatic nitrogens is 1. The summed E-state index contributed by atoms with van der Waals surface area (Å²) < 4.78 is 5.64. The highest BCUT2D eigenvalue weighted by molar-refractivity contribution is 7.80. The largest absolute Gasteiger partial charge is 0.468 e. The Morgan fingerprint density at radius 1 is 1.67 bits per heavy atom. The highest BCUT2D eigenvalue weighted by atomic mass is 32.1. The minimum absolute atomic E-state index is 0.0132. The first-order chi connectivity index (χ1) is 7.06. The number of pyridine rings is 1. The summed E-state index contributed by atoms with van der Waals surface area (Å²) in [6.07, 6.45) is 1.47. The Hall–Kier alpha value is -1.69. The van der Waals surface area contributed by atoms with Crippen LogP contribution in [0.4, 0.5) is 0 Å². The summed E-state index contributed by atoms with van der Waals surface area (Å²) >= 11 is 4.70. The molecule has 1 aromatic heterocycles. The molecule has 0 atom stereocenters. The van der Waals surface area contributed by atoms with Gasteiger partial charge in [-0.2, -0.15) is 0 Å². The molecule has 0 aliphatic carbocycles. The van der Waals surface area contributed by atoms with Crippen LogP contribution in [0.5, 0.6) is 0 Å². The third-order valence-corrected chi connectivity index (χ3v) is 2.03. The number of rotatable bonds is 3. The predicted octanol–water partition coefficient (Wildman–Crippen LogP) is -0.344. The Labute approximate surface area is 91.5 Å². The first-order valence-corrected chi connectivity index (χ1v) is 4.53. The van der Waals surface area contributed by atoms with E-state index in [1.165, 1.54) is 23.9 Å². The van der Waals surface area contributed by atoms with E-state index in [0.29, 0.717) is 0 Å². The average molecular weight is 226 g/mol. The summed E-state index contributed by atoms with van der Waals surface area (Å²) in [4.78, 5) is 22.6. The second-order valence-electron chi connectivity index (χ2n) is 2.80. The molecule has 0 fully saturated rings. The lowest BCUT2D eigenvalue weighted by atomic mass is 10.3. The molecule has 15 heavy (non-hydrogen) atoms. The lowest BCUT2D eigenvalue weighted by Crippen LogP contribution is -2.30. The maximum absolute atomic E-state index is 11.6. The SMILES string of the molecule is COC(=O)Cn1cccc(C(N)=S)c1=O. The fourth-order valence-corrected chi connectivity index (χ4v) is 1.21. The van der Waals surface area contributed by atoms with E-state index in [0.717, 1.165) is 0 Å². The summed E-state index contributed by atoms with van der Waals surface area (Å²) in [7, 11) is 1.25. The van der Waals surface area contributed by atoms with E-state index in [2.05, 4.69) is 4.74 Å². The van der Waals surface area contributed by atoms with Gasteiger partial charge in [0.2, 0.25) is 0 Å². The lowest BCUT2D eigenvalue weighted by Gasteiger charge is -2.05. The van der Waals surface area contributed by atoms with Crippen LogP contribution in [0.15, 0.2) is 23.1 Å². The molecule has 6 heteroatoms. The van der Waals surface area contributed by atoms with Gasteiger partial charge < -0.3 is 15.0 Å². The molecule has 80 valence electrons. The summed E-state index contributed by atoms with van der Waals surface area (Å²) in [5.41, 5.74) is 5.17. The van der Waals surface area contributed by atoms with Gasteiger partial charge in [0.05, 0.1) is 12.7 Å². The van der Waals surface area contributed by atoms with Gasteiger partial charge in [-0.05, 0) is 12.1 Å². The van der Waals surface area contributed by atoms with E-state index >= 15 is 0 Å². The third kappa shape index (κ3) is 2.63. The standard InChI is InChI=1S/C9H10N2O3S/c1-14-7(12)5-11-4-2-3-6(8(10)15)9(11)13/h2-4H,5H2,1H3,(H2,10,15). The maximum Gasteiger partial charge on any atom is 0.325 e. The first kappa shape index (κ1) is 11.4. The predicted molar refractivity (Wildman–Crippen MR) is 58.6 cm³/mol. The number of esters is 1. The fourth-order valence-electron chi connectivity index (χ4n) is 1.05. The van der Waals surface area contributed by atoms with Crippen molar-refractivity contribution in [3.8, 4) is 0 Å². The Kier molecular flexibility index (Phi) is 3.56. The molecule has 0 aliphatic rings.